The van der Waals surface area contributed by atoms with Crippen molar-refractivity contribution in [3.63, 3.8) is 0 Å². The summed E-state index contributed by atoms with van der Waals surface area (Å²) < 4.78 is 5.53. The van der Waals surface area contributed by atoms with Crippen LogP contribution >= 0.6 is 11.6 Å². The minimum atomic E-state index is -0.518. The highest BCUT2D eigenvalue weighted by Gasteiger charge is 2.51. The van der Waals surface area contributed by atoms with Crippen molar-refractivity contribution < 1.29 is 14.3 Å². The molecule has 1 aromatic rings. The molecule has 9 heteroatoms. The Kier molecular flexibility index (Phi) is 6.64. The number of nitrogens with zero attached hydrogens (tertiary/aromatic N) is 4. The van der Waals surface area contributed by atoms with Crippen LogP contribution < -0.4 is 5.32 Å². The molecule has 0 bridgehead atoms. The number of ether oxygens (including phenoxy) is 1. The van der Waals surface area contributed by atoms with Gasteiger partial charge in [0.15, 0.2) is 12.0 Å². The lowest BCUT2D eigenvalue weighted by Gasteiger charge is -2.40. The predicted molar refractivity (Wildman–Crippen MR) is 112 cm³/mol. The molecule has 2 aliphatic heterocycles. The van der Waals surface area contributed by atoms with E-state index in [4.69, 9.17) is 16.3 Å². The number of hydrogen-bond acceptors (Lipinski definition) is 4. The van der Waals surface area contributed by atoms with Crippen LogP contribution in [0.3, 0.4) is 0 Å². The first kappa shape index (κ1) is 21.4. The van der Waals surface area contributed by atoms with E-state index in [1.165, 1.54) is 4.90 Å². The number of carbonyl (C=O) groups excluding carboxylic acids is 2. The zero-order valence-electron chi connectivity index (χ0n) is 17.3. The highest BCUT2D eigenvalue weighted by atomic mass is 35.5. The van der Waals surface area contributed by atoms with E-state index in [0.717, 1.165) is 12.0 Å². The molecule has 3 amide bonds. The fourth-order valence-electron chi connectivity index (χ4n) is 3.47. The van der Waals surface area contributed by atoms with Crippen molar-refractivity contribution in [1.29, 1.82) is 0 Å². The number of hydrogen-bond donors (Lipinski definition) is 1. The average Bonchev–Trinajstić information content (AvgIpc) is 3.01. The smallest absolute Gasteiger partial charge is 0.328 e. The van der Waals surface area contributed by atoms with Crippen molar-refractivity contribution in [3.05, 3.63) is 34.9 Å². The maximum absolute atomic E-state index is 13.1. The third-order valence-corrected chi connectivity index (χ3v) is 5.32. The van der Waals surface area contributed by atoms with E-state index in [1.54, 1.807) is 24.1 Å². The van der Waals surface area contributed by atoms with E-state index in [9.17, 15) is 9.59 Å². The molecule has 29 heavy (non-hydrogen) atoms. The first-order valence-electron chi connectivity index (χ1n) is 9.77. The van der Waals surface area contributed by atoms with Gasteiger partial charge in [-0.3, -0.25) is 14.7 Å². The number of halogens is 1. The van der Waals surface area contributed by atoms with Crippen LogP contribution in [-0.2, 0) is 16.1 Å². The van der Waals surface area contributed by atoms with E-state index in [2.05, 4.69) is 10.3 Å². The molecule has 1 aromatic carbocycles. The van der Waals surface area contributed by atoms with Crippen LogP contribution in [0.25, 0.3) is 0 Å². The zero-order valence-corrected chi connectivity index (χ0v) is 18.0. The molecule has 0 radical (unpaired) electrons. The van der Waals surface area contributed by atoms with Crippen molar-refractivity contribution in [2.45, 2.75) is 45.1 Å². The van der Waals surface area contributed by atoms with E-state index in [-0.39, 0.29) is 24.6 Å². The lowest BCUT2D eigenvalue weighted by molar-refractivity contribution is -0.137. The van der Waals surface area contributed by atoms with Crippen molar-refractivity contribution in [2.24, 2.45) is 4.99 Å². The first-order chi connectivity index (χ1) is 13.8. The summed E-state index contributed by atoms with van der Waals surface area (Å²) in [6.07, 6.45) is 0.548. The van der Waals surface area contributed by atoms with Crippen molar-refractivity contribution in [3.8, 4) is 0 Å². The fourth-order valence-corrected chi connectivity index (χ4v) is 3.60. The molecule has 0 saturated carbocycles. The van der Waals surface area contributed by atoms with Crippen LogP contribution in [0.15, 0.2) is 29.3 Å². The summed E-state index contributed by atoms with van der Waals surface area (Å²) in [6, 6.07) is 6.28. The third kappa shape index (κ3) is 4.64. The lowest BCUT2D eigenvalue weighted by atomic mass is 10.1. The summed E-state index contributed by atoms with van der Waals surface area (Å²) in [5.74, 6) is 0.377. The quantitative estimate of drug-likeness (QED) is 0.682. The maximum atomic E-state index is 13.1. The Morgan fingerprint density at radius 2 is 1.86 bits per heavy atom. The van der Waals surface area contributed by atoms with Gasteiger partial charge in [-0.25, -0.2) is 4.79 Å². The summed E-state index contributed by atoms with van der Waals surface area (Å²) in [6.45, 7) is 5.42. The summed E-state index contributed by atoms with van der Waals surface area (Å²) in [5.41, 5.74) is 0.843. The van der Waals surface area contributed by atoms with Gasteiger partial charge >= 0.3 is 6.03 Å². The molecule has 2 saturated heterocycles. The number of imide groups is 1. The minimum Gasteiger partial charge on any atom is -0.379 e. The van der Waals surface area contributed by atoms with E-state index in [0.29, 0.717) is 24.1 Å². The monoisotopic (exact) mass is 421 g/mol. The third-order valence-electron chi connectivity index (χ3n) is 5.07. The van der Waals surface area contributed by atoms with Gasteiger partial charge in [0.1, 0.15) is 6.17 Å². The Morgan fingerprint density at radius 3 is 2.52 bits per heavy atom. The van der Waals surface area contributed by atoms with Crippen molar-refractivity contribution >= 4 is 29.5 Å². The largest absolute Gasteiger partial charge is 0.379 e. The van der Waals surface area contributed by atoms with Gasteiger partial charge in [-0.05, 0) is 38.0 Å². The second kappa shape index (κ2) is 9.00. The number of urea groups is 1. The Balaban J connectivity index is 1.69. The van der Waals surface area contributed by atoms with Gasteiger partial charge in [0, 0.05) is 32.3 Å². The maximum Gasteiger partial charge on any atom is 0.328 e. The van der Waals surface area contributed by atoms with Crippen LogP contribution in [0, 0.1) is 0 Å². The molecule has 8 nitrogen and oxygen atoms in total. The number of guanidine groups is 1. The molecule has 1 N–H and O–H groups in total. The van der Waals surface area contributed by atoms with Gasteiger partial charge in [-0.2, -0.15) is 0 Å². The molecule has 3 rings (SSSR count). The summed E-state index contributed by atoms with van der Waals surface area (Å²) in [4.78, 5) is 35.2. The van der Waals surface area contributed by atoms with E-state index >= 15 is 0 Å². The number of nitrogens with one attached hydrogen (secondary N) is 1. The molecule has 158 valence electrons. The number of carbonyl (C=O) groups is 2. The van der Waals surface area contributed by atoms with Gasteiger partial charge < -0.3 is 19.9 Å². The first-order valence-corrected chi connectivity index (χ1v) is 10.2. The Bertz CT molecular complexity index is 783. The molecule has 0 aliphatic carbocycles. The number of rotatable bonds is 7. The molecular formula is C20H28ClN5O3. The van der Waals surface area contributed by atoms with Crippen molar-refractivity contribution in [1.82, 2.24) is 20.0 Å². The van der Waals surface area contributed by atoms with Crippen LogP contribution in [0.1, 0.15) is 25.8 Å². The molecule has 2 fully saturated rings. The number of likely N-dealkylation sites (N-methyl/N-ethyl adjacent to an activating group) is 2. The van der Waals surface area contributed by atoms with Crippen LogP contribution in [0.2, 0.25) is 5.02 Å². The molecule has 2 heterocycles. The Labute approximate surface area is 176 Å². The highest BCUT2D eigenvalue weighted by Crippen LogP contribution is 2.25. The molecule has 0 aromatic heterocycles. The molecule has 0 spiro atoms. The fraction of sp³-hybridized carbons (Fsp3) is 0.550. The van der Waals surface area contributed by atoms with Crippen LogP contribution in [-0.4, -0.2) is 78.2 Å². The normalized spacial score (nSPS) is 23.2. The van der Waals surface area contributed by atoms with E-state index < -0.39 is 12.2 Å². The minimum absolute atomic E-state index is 0.196. The van der Waals surface area contributed by atoms with Gasteiger partial charge in [0.2, 0.25) is 0 Å². The topological polar surface area (TPSA) is 77.5 Å². The molecular weight excluding hydrogens is 394 g/mol. The standard InChI is InChI=1S/C20H28ClN5O3/c1-13(2)29-11-5-10-22-19-23-17-16(24(19)3)18(27)26(20(28)25(17)4)12-14-6-8-15(21)9-7-14/h6-9,13,16-17H,5,10-12H2,1-4H3,(H,22,23). The highest BCUT2D eigenvalue weighted by molar-refractivity contribution is 6.30. The molecule has 2 unspecified atom stereocenters. The van der Waals surface area contributed by atoms with Gasteiger partial charge in [0.25, 0.3) is 5.91 Å². The second-order valence-electron chi connectivity index (χ2n) is 7.57. The SMILES string of the molecule is CC(C)OCCCN=C1NC2C(C(=O)N(Cc3ccc(Cl)cc3)C(=O)N2C)N1C. The number of aliphatic imine (C=N–C) groups is 1. The zero-order chi connectivity index (χ0) is 21.1. The van der Waals surface area contributed by atoms with Crippen LogP contribution in [0.5, 0.6) is 0 Å². The van der Waals surface area contributed by atoms with Gasteiger partial charge in [-0.1, -0.05) is 23.7 Å². The second-order valence-corrected chi connectivity index (χ2v) is 8.00. The molecule has 2 aliphatic rings. The van der Waals surface area contributed by atoms with E-state index in [1.807, 2.05) is 37.9 Å². The van der Waals surface area contributed by atoms with Crippen LogP contribution in [0.4, 0.5) is 4.79 Å². The predicted octanol–water partition coefficient (Wildman–Crippen LogP) is 2.13. The Hall–Kier alpha value is -2.32. The number of benzene rings is 1. The molecule has 2 atom stereocenters. The van der Waals surface area contributed by atoms with Gasteiger partial charge in [0.05, 0.1) is 12.6 Å². The number of fused-ring (bicyclic) bond motifs is 1. The summed E-state index contributed by atoms with van der Waals surface area (Å²) in [7, 11) is 3.52. The average molecular weight is 422 g/mol. The van der Waals surface area contributed by atoms with Crippen molar-refractivity contribution in [2.75, 3.05) is 27.2 Å². The Morgan fingerprint density at radius 1 is 1.17 bits per heavy atom. The summed E-state index contributed by atoms with van der Waals surface area (Å²) >= 11 is 5.93. The summed E-state index contributed by atoms with van der Waals surface area (Å²) in [5, 5.41) is 3.83. The van der Waals surface area contributed by atoms with Gasteiger partial charge in [-0.15, -0.1) is 0 Å². The lowest BCUT2D eigenvalue weighted by Crippen LogP contribution is -2.65. The number of amides is 3.